The minimum absolute atomic E-state index is 0.0414. The Hall–Kier alpha value is -2.47. The summed E-state index contributed by atoms with van der Waals surface area (Å²) in [6.07, 6.45) is 1.93. The van der Waals surface area contributed by atoms with E-state index in [-0.39, 0.29) is 11.8 Å². The normalized spacial score (nSPS) is 11.7. The van der Waals surface area contributed by atoms with E-state index < -0.39 is 6.04 Å². The van der Waals surface area contributed by atoms with Crippen LogP contribution in [0.1, 0.15) is 48.9 Å². The fourth-order valence-corrected chi connectivity index (χ4v) is 4.42. The Morgan fingerprint density at radius 3 is 2.47 bits per heavy atom. The zero-order valence-electron chi connectivity index (χ0n) is 19.9. The van der Waals surface area contributed by atoms with Gasteiger partial charge < -0.3 is 15.0 Å². The van der Waals surface area contributed by atoms with Crippen molar-refractivity contribution in [2.45, 2.75) is 58.9 Å². The lowest BCUT2D eigenvalue weighted by Crippen LogP contribution is -2.48. The SMILES string of the molecule is CCCCNC(=O)[C@H](C)N(Cc1cccc(OC)c1)C(=O)CSCc1cc(C)cc(C)c1. The minimum atomic E-state index is -0.549. The first-order chi connectivity index (χ1) is 15.3. The molecular formula is C26H36N2O3S. The molecule has 0 aromatic heterocycles. The van der Waals surface area contributed by atoms with Crippen molar-refractivity contribution in [3.8, 4) is 5.75 Å². The van der Waals surface area contributed by atoms with Gasteiger partial charge in [-0.3, -0.25) is 9.59 Å². The second kappa shape index (κ2) is 13.2. The summed E-state index contributed by atoms with van der Waals surface area (Å²) in [6.45, 7) is 9.04. The Morgan fingerprint density at radius 2 is 1.81 bits per heavy atom. The van der Waals surface area contributed by atoms with Crippen LogP contribution in [-0.4, -0.2) is 42.2 Å². The molecule has 0 radical (unpaired) electrons. The number of nitrogens with one attached hydrogen (secondary N) is 1. The summed E-state index contributed by atoms with van der Waals surface area (Å²) >= 11 is 1.58. The number of nitrogens with zero attached hydrogens (tertiary/aromatic N) is 1. The zero-order valence-corrected chi connectivity index (χ0v) is 20.8. The molecule has 0 aliphatic carbocycles. The van der Waals surface area contributed by atoms with Gasteiger partial charge in [0.2, 0.25) is 11.8 Å². The van der Waals surface area contributed by atoms with Crippen LogP contribution in [0.4, 0.5) is 0 Å². The average Bonchev–Trinajstić information content (AvgIpc) is 2.76. The van der Waals surface area contributed by atoms with Crippen molar-refractivity contribution < 1.29 is 14.3 Å². The van der Waals surface area contributed by atoms with Crippen molar-refractivity contribution in [1.82, 2.24) is 10.2 Å². The Balaban J connectivity index is 2.08. The topological polar surface area (TPSA) is 58.6 Å². The molecule has 0 heterocycles. The van der Waals surface area contributed by atoms with Crippen LogP contribution in [0.3, 0.4) is 0 Å². The van der Waals surface area contributed by atoms with Crippen molar-refractivity contribution in [2.24, 2.45) is 0 Å². The van der Waals surface area contributed by atoms with Crippen LogP contribution in [0.15, 0.2) is 42.5 Å². The van der Waals surface area contributed by atoms with Gasteiger partial charge >= 0.3 is 0 Å². The molecule has 0 saturated heterocycles. The number of unbranched alkanes of at least 4 members (excludes halogenated alkanes) is 1. The molecule has 2 aromatic rings. The van der Waals surface area contributed by atoms with Crippen LogP contribution in [0.5, 0.6) is 5.75 Å². The van der Waals surface area contributed by atoms with Crippen molar-refractivity contribution >= 4 is 23.6 Å². The summed E-state index contributed by atoms with van der Waals surface area (Å²) in [7, 11) is 1.62. The molecule has 0 bridgehead atoms. The monoisotopic (exact) mass is 456 g/mol. The molecule has 0 saturated carbocycles. The molecule has 1 N–H and O–H groups in total. The Labute approximate surface area is 196 Å². The van der Waals surface area contributed by atoms with Crippen molar-refractivity contribution in [3.05, 3.63) is 64.7 Å². The van der Waals surface area contributed by atoms with E-state index in [0.717, 1.165) is 29.9 Å². The standard InChI is InChI=1S/C26H36N2O3S/c1-6-7-11-27-26(30)21(4)28(16-22-9-8-10-24(15-22)31-5)25(29)18-32-17-23-13-19(2)12-20(3)14-23/h8-10,12-15,21H,6-7,11,16-18H2,1-5H3,(H,27,30)/t21-/m0/s1. The second-order valence-corrected chi connectivity index (χ2v) is 9.17. The number of aryl methyl sites for hydroxylation is 2. The highest BCUT2D eigenvalue weighted by Crippen LogP contribution is 2.19. The van der Waals surface area contributed by atoms with Crippen LogP contribution in [-0.2, 0) is 21.9 Å². The van der Waals surface area contributed by atoms with Gasteiger partial charge in [0.1, 0.15) is 11.8 Å². The molecule has 32 heavy (non-hydrogen) atoms. The van der Waals surface area contributed by atoms with Crippen LogP contribution in [0.2, 0.25) is 0 Å². The summed E-state index contributed by atoms with van der Waals surface area (Å²) in [5.41, 5.74) is 4.60. The summed E-state index contributed by atoms with van der Waals surface area (Å²) in [6, 6.07) is 13.5. The number of hydrogen-bond acceptors (Lipinski definition) is 4. The molecule has 174 valence electrons. The van der Waals surface area contributed by atoms with Crippen LogP contribution < -0.4 is 10.1 Å². The van der Waals surface area contributed by atoms with Gasteiger partial charge in [-0.15, -0.1) is 11.8 Å². The fraction of sp³-hybridized carbons (Fsp3) is 0.462. The largest absolute Gasteiger partial charge is 0.497 e. The zero-order chi connectivity index (χ0) is 23.5. The van der Waals surface area contributed by atoms with Crippen molar-refractivity contribution in [2.75, 3.05) is 19.4 Å². The number of carbonyl (C=O) groups is 2. The van der Waals surface area contributed by atoms with Crippen LogP contribution in [0.25, 0.3) is 0 Å². The highest BCUT2D eigenvalue weighted by atomic mass is 32.2. The quantitative estimate of drug-likeness (QED) is 0.463. The predicted octanol–water partition coefficient (Wildman–Crippen LogP) is 4.88. The molecule has 2 amide bonds. The third-order valence-corrected chi connectivity index (χ3v) is 6.25. The second-order valence-electron chi connectivity index (χ2n) is 8.18. The number of hydrogen-bond donors (Lipinski definition) is 1. The smallest absolute Gasteiger partial charge is 0.242 e. The van der Waals surface area contributed by atoms with Gasteiger partial charge in [0.25, 0.3) is 0 Å². The molecular weight excluding hydrogens is 420 g/mol. The maximum absolute atomic E-state index is 13.2. The number of amides is 2. The predicted molar refractivity (Wildman–Crippen MR) is 133 cm³/mol. The van der Waals surface area contributed by atoms with Gasteiger partial charge in [-0.25, -0.2) is 0 Å². The van der Waals surface area contributed by atoms with Gasteiger partial charge in [-0.1, -0.05) is 54.8 Å². The van der Waals surface area contributed by atoms with Gasteiger partial charge in [0, 0.05) is 18.8 Å². The number of methoxy groups -OCH3 is 1. The highest BCUT2D eigenvalue weighted by Gasteiger charge is 2.26. The number of rotatable bonds is 12. The Bertz CT molecular complexity index is 880. The molecule has 5 nitrogen and oxygen atoms in total. The van der Waals surface area contributed by atoms with E-state index >= 15 is 0 Å². The van der Waals surface area contributed by atoms with Crippen LogP contribution >= 0.6 is 11.8 Å². The van der Waals surface area contributed by atoms with Gasteiger partial charge in [-0.2, -0.15) is 0 Å². The summed E-state index contributed by atoms with van der Waals surface area (Å²) in [5, 5.41) is 2.96. The van der Waals surface area contributed by atoms with Gasteiger partial charge in [0.05, 0.1) is 12.9 Å². The highest BCUT2D eigenvalue weighted by molar-refractivity contribution is 7.99. The minimum Gasteiger partial charge on any atom is -0.497 e. The van der Waals surface area contributed by atoms with E-state index in [1.165, 1.54) is 16.7 Å². The summed E-state index contributed by atoms with van der Waals surface area (Å²) in [4.78, 5) is 27.6. The summed E-state index contributed by atoms with van der Waals surface area (Å²) in [5.74, 6) is 1.66. The molecule has 6 heteroatoms. The lowest BCUT2D eigenvalue weighted by molar-refractivity contribution is -0.138. The average molecular weight is 457 g/mol. The van der Waals surface area contributed by atoms with Crippen molar-refractivity contribution in [3.63, 3.8) is 0 Å². The maximum atomic E-state index is 13.2. The van der Waals surface area contributed by atoms with E-state index in [1.54, 1.807) is 30.7 Å². The summed E-state index contributed by atoms with van der Waals surface area (Å²) < 4.78 is 5.32. The van der Waals surface area contributed by atoms with Gasteiger partial charge in [-0.05, 0) is 50.5 Å². The molecule has 0 spiro atoms. The Morgan fingerprint density at radius 1 is 1.09 bits per heavy atom. The van der Waals surface area contributed by atoms with E-state index in [2.05, 4.69) is 44.3 Å². The molecule has 2 rings (SSSR count). The van der Waals surface area contributed by atoms with Crippen LogP contribution in [0, 0.1) is 13.8 Å². The van der Waals surface area contributed by atoms with E-state index in [1.807, 2.05) is 24.3 Å². The Kier molecular flexibility index (Phi) is 10.6. The molecule has 1 atom stereocenters. The lowest BCUT2D eigenvalue weighted by Gasteiger charge is -2.29. The van der Waals surface area contributed by atoms with Crippen molar-refractivity contribution in [1.29, 1.82) is 0 Å². The molecule has 0 unspecified atom stereocenters. The number of thioether (sulfide) groups is 1. The molecule has 0 fully saturated rings. The first-order valence-corrected chi connectivity index (χ1v) is 12.3. The van der Waals surface area contributed by atoms with E-state index in [0.29, 0.717) is 18.8 Å². The lowest BCUT2D eigenvalue weighted by atomic mass is 10.1. The molecule has 2 aromatic carbocycles. The first kappa shape index (κ1) is 25.8. The van der Waals surface area contributed by atoms with E-state index in [9.17, 15) is 9.59 Å². The molecule has 0 aliphatic rings. The van der Waals surface area contributed by atoms with E-state index in [4.69, 9.17) is 4.74 Å². The van der Waals surface area contributed by atoms with Gasteiger partial charge in [0.15, 0.2) is 0 Å². The third-order valence-electron chi connectivity index (χ3n) is 5.26. The first-order valence-electron chi connectivity index (χ1n) is 11.2. The number of benzene rings is 2. The number of carbonyl (C=O) groups excluding carboxylic acids is 2. The third kappa shape index (κ3) is 8.23. The molecule has 0 aliphatic heterocycles. The fourth-order valence-electron chi connectivity index (χ4n) is 3.58. The maximum Gasteiger partial charge on any atom is 0.242 e. The number of ether oxygens (including phenoxy) is 1.